The third-order valence-corrected chi connectivity index (χ3v) is 2.98. The third-order valence-electron chi connectivity index (χ3n) is 2.98. The van der Waals surface area contributed by atoms with Gasteiger partial charge in [0.2, 0.25) is 0 Å². The summed E-state index contributed by atoms with van der Waals surface area (Å²) in [5.74, 6) is -1.04. The summed E-state index contributed by atoms with van der Waals surface area (Å²) in [5, 5.41) is 2.62. The Balaban J connectivity index is 2.31. The summed E-state index contributed by atoms with van der Waals surface area (Å²) < 4.78 is 4.63. The molecule has 0 atom stereocenters. The molecule has 1 aromatic carbocycles. The highest BCUT2D eigenvalue weighted by molar-refractivity contribution is 6.05. The molecule has 0 bridgehead atoms. The predicted molar refractivity (Wildman–Crippen MR) is 77.5 cm³/mol. The number of aromatic amines is 1. The van der Waals surface area contributed by atoms with E-state index in [0.29, 0.717) is 11.3 Å². The van der Waals surface area contributed by atoms with Gasteiger partial charge in [0.25, 0.3) is 5.91 Å². The van der Waals surface area contributed by atoms with E-state index in [1.54, 1.807) is 19.1 Å². The Morgan fingerprint density at radius 2 is 2.00 bits per heavy atom. The standard InChI is InChI=1S/C15H14N2O4/c1-9-3-4-10(15(20)21-2)7-12(9)17-14(19)11-8-16-6-5-13(11)18/h3-8H,1-2H3,(H,16,18)(H,17,19). The molecule has 1 heterocycles. The molecule has 2 rings (SSSR count). The minimum absolute atomic E-state index is 0.000344. The number of amides is 1. The number of benzene rings is 1. The minimum Gasteiger partial charge on any atom is -0.465 e. The largest absolute Gasteiger partial charge is 0.465 e. The van der Waals surface area contributed by atoms with Gasteiger partial charge in [-0.15, -0.1) is 0 Å². The van der Waals surface area contributed by atoms with Crippen molar-refractivity contribution in [2.75, 3.05) is 12.4 Å². The summed E-state index contributed by atoms with van der Waals surface area (Å²) in [5.41, 5.74) is 1.16. The van der Waals surface area contributed by atoms with Crippen molar-refractivity contribution in [3.63, 3.8) is 0 Å². The number of esters is 1. The molecule has 1 aromatic heterocycles. The zero-order valence-electron chi connectivity index (χ0n) is 11.6. The van der Waals surface area contributed by atoms with Crippen molar-refractivity contribution in [3.05, 3.63) is 63.6 Å². The highest BCUT2D eigenvalue weighted by atomic mass is 16.5. The second-order valence-corrected chi connectivity index (χ2v) is 4.40. The Hall–Kier alpha value is -2.89. The molecular weight excluding hydrogens is 272 g/mol. The number of aromatic nitrogens is 1. The number of aryl methyl sites for hydroxylation is 1. The van der Waals surface area contributed by atoms with Crippen LogP contribution < -0.4 is 10.7 Å². The number of H-pyrrole nitrogens is 1. The molecule has 6 heteroatoms. The van der Waals surface area contributed by atoms with Gasteiger partial charge in [-0.3, -0.25) is 9.59 Å². The second-order valence-electron chi connectivity index (χ2n) is 4.40. The number of pyridine rings is 1. The van der Waals surface area contributed by atoms with Crippen LogP contribution in [0.5, 0.6) is 0 Å². The Labute approximate surface area is 120 Å². The molecule has 0 aliphatic rings. The summed E-state index contributed by atoms with van der Waals surface area (Å²) in [7, 11) is 1.28. The van der Waals surface area contributed by atoms with Crippen LogP contribution in [0.2, 0.25) is 0 Å². The van der Waals surface area contributed by atoms with E-state index in [2.05, 4.69) is 15.0 Å². The van der Waals surface area contributed by atoms with Crippen LogP contribution in [0, 0.1) is 6.92 Å². The van der Waals surface area contributed by atoms with E-state index in [4.69, 9.17) is 0 Å². The second kappa shape index (κ2) is 6.04. The van der Waals surface area contributed by atoms with E-state index in [1.165, 1.54) is 31.6 Å². The molecule has 0 aliphatic heterocycles. The Morgan fingerprint density at radius 3 is 2.67 bits per heavy atom. The fourth-order valence-corrected chi connectivity index (χ4v) is 1.78. The Bertz CT molecular complexity index is 749. The van der Waals surface area contributed by atoms with Crippen LogP contribution in [0.1, 0.15) is 26.3 Å². The van der Waals surface area contributed by atoms with Crippen LogP contribution >= 0.6 is 0 Å². The first kappa shape index (κ1) is 14.5. The van der Waals surface area contributed by atoms with Gasteiger partial charge in [0, 0.05) is 24.1 Å². The topological polar surface area (TPSA) is 88.3 Å². The van der Waals surface area contributed by atoms with Gasteiger partial charge >= 0.3 is 5.97 Å². The Morgan fingerprint density at radius 1 is 1.24 bits per heavy atom. The van der Waals surface area contributed by atoms with Gasteiger partial charge < -0.3 is 15.0 Å². The molecule has 6 nitrogen and oxygen atoms in total. The van der Waals surface area contributed by atoms with Crippen molar-refractivity contribution in [3.8, 4) is 0 Å². The highest BCUT2D eigenvalue weighted by Crippen LogP contribution is 2.18. The van der Waals surface area contributed by atoms with Crippen molar-refractivity contribution in [2.24, 2.45) is 0 Å². The lowest BCUT2D eigenvalue weighted by Gasteiger charge is -2.09. The van der Waals surface area contributed by atoms with Crippen LogP contribution in [0.15, 0.2) is 41.5 Å². The summed E-state index contributed by atoms with van der Waals surface area (Å²) in [6, 6.07) is 6.08. The molecular formula is C15H14N2O4. The molecule has 0 radical (unpaired) electrons. The quantitative estimate of drug-likeness (QED) is 0.841. The zero-order chi connectivity index (χ0) is 15.4. The average molecular weight is 286 g/mol. The predicted octanol–water partition coefficient (Wildman–Crippen LogP) is 1.72. The molecule has 2 N–H and O–H groups in total. The number of rotatable bonds is 3. The molecule has 2 aromatic rings. The zero-order valence-corrected chi connectivity index (χ0v) is 11.6. The van der Waals surface area contributed by atoms with Gasteiger partial charge in [-0.25, -0.2) is 4.79 Å². The molecule has 0 spiro atoms. The number of hydrogen-bond donors (Lipinski definition) is 2. The number of anilines is 1. The Kier molecular flexibility index (Phi) is 4.18. The van der Waals surface area contributed by atoms with Crippen LogP contribution in [-0.2, 0) is 4.74 Å². The third kappa shape index (κ3) is 3.17. The first-order valence-electron chi connectivity index (χ1n) is 6.20. The minimum atomic E-state index is -0.540. The maximum atomic E-state index is 12.1. The molecule has 0 saturated heterocycles. The van der Waals surface area contributed by atoms with Crippen molar-refractivity contribution >= 4 is 17.6 Å². The molecule has 108 valence electrons. The van der Waals surface area contributed by atoms with E-state index in [9.17, 15) is 14.4 Å². The van der Waals surface area contributed by atoms with Crippen molar-refractivity contribution in [1.29, 1.82) is 0 Å². The highest BCUT2D eigenvalue weighted by Gasteiger charge is 2.13. The lowest BCUT2D eigenvalue weighted by Crippen LogP contribution is -2.21. The van der Waals surface area contributed by atoms with E-state index in [0.717, 1.165) is 5.56 Å². The number of ether oxygens (including phenoxy) is 1. The number of hydrogen-bond acceptors (Lipinski definition) is 4. The van der Waals surface area contributed by atoms with Gasteiger partial charge in [-0.1, -0.05) is 6.07 Å². The van der Waals surface area contributed by atoms with Gasteiger partial charge in [0.05, 0.1) is 12.7 Å². The summed E-state index contributed by atoms with van der Waals surface area (Å²) in [6.07, 6.45) is 2.78. The average Bonchev–Trinajstić information content (AvgIpc) is 2.49. The van der Waals surface area contributed by atoms with Crippen LogP contribution in [0.4, 0.5) is 5.69 Å². The normalized spacial score (nSPS) is 10.0. The van der Waals surface area contributed by atoms with E-state index >= 15 is 0 Å². The number of carbonyl (C=O) groups excluding carboxylic acids is 2. The van der Waals surface area contributed by atoms with Gasteiger partial charge in [0.15, 0.2) is 5.43 Å². The van der Waals surface area contributed by atoms with Crippen molar-refractivity contribution in [1.82, 2.24) is 4.98 Å². The maximum absolute atomic E-state index is 12.1. The molecule has 0 unspecified atom stereocenters. The first-order valence-corrected chi connectivity index (χ1v) is 6.20. The van der Waals surface area contributed by atoms with Crippen LogP contribution in [-0.4, -0.2) is 24.0 Å². The number of carbonyl (C=O) groups is 2. The monoisotopic (exact) mass is 286 g/mol. The van der Waals surface area contributed by atoms with Gasteiger partial charge in [0.1, 0.15) is 5.56 Å². The van der Waals surface area contributed by atoms with Crippen LogP contribution in [0.25, 0.3) is 0 Å². The maximum Gasteiger partial charge on any atom is 0.337 e. The fraction of sp³-hybridized carbons (Fsp3) is 0.133. The molecule has 21 heavy (non-hydrogen) atoms. The van der Waals surface area contributed by atoms with E-state index < -0.39 is 11.9 Å². The SMILES string of the molecule is COC(=O)c1ccc(C)c(NC(=O)c2c[nH]ccc2=O)c1. The molecule has 0 saturated carbocycles. The number of methoxy groups -OCH3 is 1. The van der Waals surface area contributed by atoms with Crippen LogP contribution in [0.3, 0.4) is 0 Å². The number of nitrogens with one attached hydrogen (secondary N) is 2. The molecule has 1 amide bonds. The molecule has 0 fully saturated rings. The van der Waals surface area contributed by atoms with Crippen molar-refractivity contribution < 1.29 is 14.3 Å². The van der Waals surface area contributed by atoms with Gasteiger partial charge in [-0.2, -0.15) is 0 Å². The van der Waals surface area contributed by atoms with E-state index in [-0.39, 0.29) is 11.0 Å². The van der Waals surface area contributed by atoms with E-state index in [1.807, 2.05) is 0 Å². The molecule has 0 aliphatic carbocycles. The van der Waals surface area contributed by atoms with Gasteiger partial charge in [-0.05, 0) is 24.6 Å². The lowest BCUT2D eigenvalue weighted by atomic mass is 10.1. The summed E-state index contributed by atoms with van der Waals surface area (Å²) >= 11 is 0. The summed E-state index contributed by atoms with van der Waals surface area (Å²) in [4.78, 5) is 37.9. The smallest absolute Gasteiger partial charge is 0.337 e. The van der Waals surface area contributed by atoms with Crippen molar-refractivity contribution in [2.45, 2.75) is 6.92 Å². The summed E-state index contributed by atoms with van der Waals surface area (Å²) in [6.45, 7) is 1.78. The fourth-order valence-electron chi connectivity index (χ4n) is 1.78. The lowest BCUT2D eigenvalue weighted by molar-refractivity contribution is 0.0600. The first-order chi connectivity index (χ1) is 10.0.